The second-order valence-corrected chi connectivity index (χ2v) is 7.69. The predicted octanol–water partition coefficient (Wildman–Crippen LogP) is 3.33. The molecule has 1 saturated carbocycles. The van der Waals surface area contributed by atoms with Crippen LogP contribution in [0.25, 0.3) is 17.0 Å². The van der Waals surface area contributed by atoms with Crippen molar-refractivity contribution in [3.05, 3.63) is 23.7 Å². The van der Waals surface area contributed by atoms with Gasteiger partial charge in [-0.1, -0.05) is 0 Å². The van der Waals surface area contributed by atoms with Crippen LogP contribution in [0.1, 0.15) is 48.7 Å². The number of rotatable bonds is 6. The minimum atomic E-state index is -2.57. The van der Waals surface area contributed by atoms with Crippen LogP contribution < -0.4 is 4.74 Å². The van der Waals surface area contributed by atoms with E-state index in [1.54, 1.807) is 11.6 Å². The third-order valence-electron chi connectivity index (χ3n) is 5.47. The molecule has 0 N–H and O–H groups in total. The Bertz CT molecular complexity index is 1100. The van der Waals surface area contributed by atoms with E-state index in [1.165, 1.54) is 24.2 Å². The molecule has 1 fully saturated rings. The number of ether oxygens (including phenoxy) is 2. The summed E-state index contributed by atoms with van der Waals surface area (Å²) in [6.07, 6.45) is 3.55. The summed E-state index contributed by atoms with van der Waals surface area (Å²) < 4.78 is 40.6. The summed E-state index contributed by atoms with van der Waals surface area (Å²) >= 11 is 0. The molecule has 0 bridgehead atoms. The number of hydrogen-bond donors (Lipinski definition) is 0. The average molecular weight is 434 g/mol. The zero-order valence-corrected chi connectivity index (χ0v) is 17.6. The van der Waals surface area contributed by atoms with Crippen LogP contribution in [0.4, 0.5) is 8.78 Å². The topological polar surface area (TPSA) is 96.9 Å². The monoisotopic (exact) mass is 434 g/mol. The van der Waals surface area contributed by atoms with Crippen molar-refractivity contribution in [3.63, 3.8) is 0 Å². The summed E-state index contributed by atoms with van der Waals surface area (Å²) in [7, 11) is 1.49. The Morgan fingerprint density at radius 1 is 1.29 bits per heavy atom. The van der Waals surface area contributed by atoms with Crippen molar-refractivity contribution in [2.45, 2.75) is 52.0 Å². The van der Waals surface area contributed by atoms with Crippen LogP contribution in [-0.2, 0) is 11.3 Å². The number of halogens is 2. The first-order valence-corrected chi connectivity index (χ1v) is 10.2. The summed E-state index contributed by atoms with van der Waals surface area (Å²) in [6.45, 7) is 4.30. The number of nitrogens with zero attached hydrogens (tertiary/aromatic N) is 6. The average Bonchev–Trinajstić information content (AvgIpc) is 3.35. The predicted molar refractivity (Wildman–Crippen MR) is 107 cm³/mol. The van der Waals surface area contributed by atoms with Gasteiger partial charge >= 0.3 is 5.97 Å². The van der Waals surface area contributed by atoms with E-state index in [0.717, 1.165) is 0 Å². The third-order valence-corrected chi connectivity index (χ3v) is 5.47. The number of hydrogen-bond acceptors (Lipinski definition) is 7. The van der Waals surface area contributed by atoms with Gasteiger partial charge in [-0.15, -0.1) is 0 Å². The van der Waals surface area contributed by atoms with Gasteiger partial charge in [-0.25, -0.2) is 23.2 Å². The lowest BCUT2D eigenvalue weighted by molar-refractivity contribution is -0.0475. The Morgan fingerprint density at radius 2 is 2.03 bits per heavy atom. The lowest BCUT2D eigenvalue weighted by Gasteiger charge is -2.28. The van der Waals surface area contributed by atoms with Gasteiger partial charge in [-0.3, -0.25) is 4.68 Å². The highest BCUT2D eigenvalue weighted by Gasteiger charge is 2.35. The number of esters is 1. The minimum absolute atomic E-state index is 0.101. The molecule has 31 heavy (non-hydrogen) atoms. The van der Waals surface area contributed by atoms with Crippen molar-refractivity contribution in [1.29, 1.82) is 0 Å². The molecule has 4 rings (SSSR count). The van der Waals surface area contributed by atoms with Crippen LogP contribution in [0.3, 0.4) is 0 Å². The largest absolute Gasteiger partial charge is 0.479 e. The lowest BCUT2D eigenvalue weighted by Crippen LogP contribution is -2.27. The Balaban J connectivity index is 1.66. The molecule has 0 spiro atoms. The SMILES string of the molecule is CCOC(=O)c1cnn(-c2nc(OC)c3c(n2)c(C)nn3CC2CCC(F)(F)CC2)c1. The van der Waals surface area contributed by atoms with Gasteiger partial charge < -0.3 is 9.47 Å². The maximum absolute atomic E-state index is 13.5. The Labute approximate surface area is 177 Å². The number of fused-ring (bicyclic) bond motifs is 1. The van der Waals surface area contributed by atoms with E-state index >= 15 is 0 Å². The smallest absolute Gasteiger partial charge is 0.341 e. The van der Waals surface area contributed by atoms with E-state index in [0.29, 0.717) is 42.0 Å². The van der Waals surface area contributed by atoms with Crippen LogP contribution in [0, 0.1) is 12.8 Å². The third kappa shape index (κ3) is 4.21. The molecule has 0 amide bonds. The first-order valence-electron chi connectivity index (χ1n) is 10.2. The maximum atomic E-state index is 13.5. The standard InChI is InChI=1S/C20H24F2N6O3/c1-4-31-18(29)14-9-23-28(11-14)19-24-15-12(2)26-27(16(15)17(25-19)30-3)10-13-5-7-20(21,22)8-6-13/h9,11,13H,4-8,10H2,1-3H3. The second-order valence-electron chi connectivity index (χ2n) is 7.69. The Kier molecular flexibility index (Phi) is 5.59. The fourth-order valence-corrected chi connectivity index (χ4v) is 3.84. The van der Waals surface area contributed by atoms with Gasteiger partial charge in [0, 0.05) is 25.6 Å². The van der Waals surface area contributed by atoms with Crippen molar-refractivity contribution in [3.8, 4) is 11.8 Å². The van der Waals surface area contributed by atoms with Gasteiger partial charge in [-0.05, 0) is 32.6 Å². The number of carbonyl (C=O) groups excluding carboxylic acids is 1. The van der Waals surface area contributed by atoms with E-state index in [2.05, 4.69) is 20.2 Å². The molecule has 3 heterocycles. The lowest BCUT2D eigenvalue weighted by atomic mass is 9.87. The fraction of sp³-hybridized carbons (Fsp3) is 0.550. The highest BCUT2D eigenvalue weighted by molar-refractivity contribution is 5.89. The van der Waals surface area contributed by atoms with E-state index in [-0.39, 0.29) is 36.9 Å². The molecule has 0 atom stereocenters. The van der Waals surface area contributed by atoms with Gasteiger partial charge in [-0.2, -0.15) is 15.2 Å². The quantitative estimate of drug-likeness (QED) is 0.549. The zero-order chi connectivity index (χ0) is 22.2. The molecule has 0 saturated heterocycles. The zero-order valence-electron chi connectivity index (χ0n) is 17.6. The maximum Gasteiger partial charge on any atom is 0.341 e. The molecule has 0 unspecified atom stereocenters. The number of alkyl halides is 2. The fourth-order valence-electron chi connectivity index (χ4n) is 3.84. The number of methoxy groups -OCH3 is 1. The first-order chi connectivity index (χ1) is 14.8. The normalized spacial score (nSPS) is 16.5. The van der Waals surface area contributed by atoms with Gasteiger partial charge in [0.1, 0.15) is 11.0 Å². The molecule has 0 aromatic carbocycles. The van der Waals surface area contributed by atoms with E-state index < -0.39 is 11.9 Å². The Morgan fingerprint density at radius 3 is 2.71 bits per heavy atom. The molecule has 1 aliphatic carbocycles. The Hall–Kier alpha value is -3.11. The van der Waals surface area contributed by atoms with Crippen molar-refractivity contribution >= 4 is 17.0 Å². The number of carbonyl (C=O) groups is 1. The van der Waals surface area contributed by atoms with Crippen molar-refractivity contribution < 1.29 is 23.0 Å². The van der Waals surface area contributed by atoms with Gasteiger partial charge in [0.25, 0.3) is 5.95 Å². The molecular weight excluding hydrogens is 410 g/mol. The van der Waals surface area contributed by atoms with Crippen LogP contribution in [0.5, 0.6) is 5.88 Å². The summed E-state index contributed by atoms with van der Waals surface area (Å²) in [5, 5.41) is 8.72. The molecule has 166 valence electrons. The van der Waals surface area contributed by atoms with Crippen molar-refractivity contribution in [2.75, 3.05) is 13.7 Å². The summed E-state index contributed by atoms with van der Waals surface area (Å²) in [6, 6.07) is 0. The second kappa shape index (κ2) is 8.20. The summed E-state index contributed by atoms with van der Waals surface area (Å²) in [5.74, 6) is -2.43. The molecule has 3 aromatic rings. The molecule has 9 nitrogen and oxygen atoms in total. The van der Waals surface area contributed by atoms with Gasteiger partial charge in [0.15, 0.2) is 0 Å². The van der Waals surface area contributed by atoms with Crippen LogP contribution in [0.2, 0.25) is 0 Å². The number of aryl methyl sites for hydroxylation is 1. The van der Waals surface area contributed by atoms with Gasteiger partial charge in [0.05, 0.1) is 31.2 Å². The summed E-state index contributed by atoms with van der Waals surface area (Å²) in [4.78, 5) is 20.9. The molecule has 0 radical (unpaired) electrons. The van der Waals surface area contributed by atoms with Crippen LogP contribution in [0.15, 0.2) is 12.4 Å². The first kappa shape index (κ1) is 21.1. The van der Waals surface area contributed by atoms with Crippen molar-refractivity contribution in [1.82, 2.24) is 29.5 Å². The van der Waals surface area contributed by atoms with Crippen molar-refractivity contribution in [2.24, 2.45) is 5.92 Å². The number of aromatic nitrogens is 6. The molecular formula is C20H24F2N6O3. The minimum Gasteiger partial charge on any atom is -0.479 e. The van der Waals surface area contributed by atoms with E-state index in [4.69, 9.17) is 9.47 Å². The van der Waals surface area contributed by atoms with E-state index in [9.17, 15) is 13.6 Å². The van der Waals surface area contributed by atoms with E-state index in [1.807, 2.05) is 6.92 Å². The molecule has 3 aromatic heterocycles. The highest BCUT2D eigenvalue weighted by Crippen LogP contribution is 2.37. The van der Waals surface area contributed by atoms with Gasteiger partial charge in [0.2, 0.25) is 11.8 Å². The molecule has 0 aliphatic heterocycles. The molecule has 11 heteroatoms. The van der Waals surface area contributed by atoms with Crippen LogP contribution >= 0.6 is 0 Å². The summed E-state index contributed by atoms with van der Waals surface area (Å²) in [5.41, 5.74) is 2.14. The highest BCUT2D eigenvalue weighted by atomic mass is 19.3. The van der Waals surface area contributed by atoms with Crippen LogP contribution in [-0.4, -0.2) is 55.1 Å². The molecule has 1 aliphatic rings.